The summed E-state index contributed by atoms with van der Waals surface area (Å²) in [6, 6.07) is 0. The van der Waals surface area contributed by atoms with Crippen LogP contribution in [0.3, 0.4) is 0 Å². The molecule has 2 aliphatic rings. The summed E-state index contributed by atoms with van der Waals surface area (Å²) in [5.74, 6) is 4.81. The molecule has 0 amide bonds. The lowest BCUT2D eigenvalue weighted by Crippen LogP contribution is -2.21. The molecule has 2 fully saturated rings. The molecule has 0 aromatic carbocycles. The maximum Gasteiger partial charge on any atom is 0.343 e. The first-order valence-corrected chi connectivity index (χ1v) is 8.78. The summed E-state index contributed by atoms with van der Waals surface area (Å²) < 4.78 is 1.35. The molecule has 1 aliphatic carbocycles. The van der Waals surface area contributed by atoms with E-state index in [1.54, 1.807) is 7.05 Å². The van der Waals surface area contributed by atoms with Crippen LogP contribution in [0, 0.1) is 11.8 Å². The predicted octanol–water partition coefficient (Wildman–Crippen LogP) is 0.976. The van der Waals surface area contributed by atoms with Crippen LogP contribution in [0.2, 0.25) is 0 Å². The Labute approximate surface area is 140 Å². The van der Waals surface area contributed by atoms with Crippen LogP contribution in [-0.4, -0.2) is 47.9 Å². The fourth-order valence-electron chi connectivity index (χ4n) is 3.78. The van der Waals surface area contributed by atoms with E-state index in [2.05, 4.69) is 39.0 Å². The number of nitrogens with zero attached hydrogens (tertiary/aromatic N) is 5. The van der Waals surface area contributed by atoms with E-state index in [0.717, 1.165) is 36.5 Å². The lowest BCUT2D eigenvalue weighted by molar-refractivity contribution is 0.301. The molecule has 2 atom stereocenters. The monoisotopic (exact) mass is 331 g/mol. The quantitative estimate of drug-likeness (QED) is 0.851. The van der Waals surface area contributed by atoms with Crippen molar-refractivity contribution in [2.45, 2.75) is 45.1 Å². The van der Waals surface area contributed by atoms with Gasteiger partial charge in [0.1, 0.15) is 11.6 Å². The zero-order valence-corrected chi connectivity index (χ0v) is 14.5. The molecule has 1 aliphatic heterocycles. The Morgan fingerprint density at radius 1 is 1.29 bits per heavy atom. The van der Waals surface area contributed by atoms with E-state index in [1.165, 1.54) is 17.5 Å². The number of likely N-dealkylation sites (tertiary alicyclic amines) is 1. The lowest BCUT2D eigenvalue weighted by atomic mass is 9.91. The van der Waals surface area contributed by atoms with Gasteiger partial charge in [0, 0.05) is 32.0 Å². The fraction of sp³-hybridized carbons (Fsp3) is 0.750. The van der Waals surface area contributed by atoms with Crippen LogP contribution < -0.4 is 5.69 Å². The standard InChI is InChI=1S/C16H25N7O/c1-9(2)14-18-15(20-19-14)12-7-23(6-11(12)10-4-5-10)8-13-17-16(24)22(3)21-13/h9-12H,4-8H2,1-3H3,(H,17,21,24)(H,18,19,20)/t11-,12+/m1/s1. The highest BCUT2D eigenvalue weighted by atomic mass is 16.1. The van der Waals surface area contributed by atoms with Gasteiger partial charge in [-0.3, -0.25) is 15.0 Å². The minimum Gasteiger partial charge on any atom is -0.295 e. The second-order valence-corrected chi connectivity index (χ2v) is 7.54. The third-order valence-corrected chi connectivity index (χ3v) is 5.25. The van der Waals surface area contributed by atoms with Gasteiger partial charge in [0.15, 0.2) is 5.82 Å². The summed E-state index contributed by atoms with van der Waals surface area (Å²) in [6.45, 7) is 6.88. The average molecular weight is 331 g/mol. The molecular formula is C16H25N7O. The van der Waals surface area contributed by atoms with E-state index >= 15 is 0 Å². The van der Waals surface area contributed by atoms with E-state index in [0.29, 0.717) is 24.3 Å². The van der Waals surface area contributed by atoms with Gasteiger partial charge in [-0.25, -0.2) is 14.5 Å². The van der Waals surface area contributed by atoms with Gasteiger partial charge in [0.05, 0.1) is 6.54 Å². The molecule has 2 aromatic heterocycles. The molecule has 2 aromatic rings. The predicted molar refractivity (Wildman–Crippen MR) is 88.5 cm³/mol. The van der Waals surface area contributed by atoms with E-state index in [4.69, 9.17) is 4.98 Å². The molecule has 8 heteroatoms. The third kappa shape index (κ3) is 2.90. The van der Waals surface area contributed by atoms with E-state index in [-0.39, 0.29) is 5.69 Å². The van der Waals surface area contributed by atoms with Gasteiger partial charge < -0.3 is 0 Å². The van der Waals surface area contributed by atoms with Crippen LogP contribution >= 0.6 is 0 Å². The summed E-state index contributed by atoms with van der Waals surface area (Å²) in [5.41, 5.74) is -0.156. The number of rotatable bonds is 5. The Morgan fingerprint density at radius 3 is 2.67 bits per heavy atom. The van der Waals surface area contributed by atoms with Crippen LogP contribution in [0.5, 0.6) is 0 Å². The molecule has 0 unspecified atom stereocenters. The van der Waals surface area contributed by atoms with Crippen LogP contribution in [0.4, 0.5) is 0 Å². The van der Waals surface area contributed by atoms with Crippen molar-refractivity contribution in [1.29, 1.82) is 0 Å². The Kier molecular flexibility index (Phi) is 3.79. The second-order valence-electron chi connectivity index (χ2n) is 7.54. The van der Waals surface area contributed by atoms with Gasteiger partial charge in [0.25, 0.3) is 0 Å². The minimum absolute atomic E-state index is 0.156. The van der Waals surface area contributed by atoms with E-state index < -0.39 is 0 Å². The number of nitrogens with one attached hydrogen (secondary N) is 2. The highest BCUT2D eigenvalue weighted by Gasteiger charge is 2.44. The van der Waals surface area contributed by atoms with Crippen molar-refractivity contribution in [2.75, 3.05) is 13.1 Å². The molecule has 2 N–H and O–H groups in total. The lowest BCUT2D eigenvalue weighted by Gasteiger charge is -2.14. The van der Waals surface area contributed by atoms with Crippen LogP contribution in [0.1, 0.15) is 56.0 Å². The molecular weight excluding hydrogens is 306 g/mol. The Balaban J connectivity index is 1.51. The normalized spacial score (nSPS) is 25.0. The molecule has 0 spiro atoms. The van der Waals surface area contributed by atoms with Crippen molar-refractivity contribution in [3.05, 3.63) is 28.0 Å². The van der Waals surface area contributed by atoms with Gasteiger partial charge in [-0.05, 0) is 24.7 Å². The number of hydrogen-bond donors (Lipinski definition) is 2. The summed E-state index contributed by atoms with van der Waals surface area (Å²) >= 11 is 0. The van der Waals surface area contributed by atoms with Crippen molar-refractivity contribution in [3.8, 4) is 0 Å². The first kappa shape index (κ1) is 15.6. The minimum atomic E-state index is -0.156. The van der Waals surface area contributed by atoms with Crippen molar-refractivity contribution in [3.63, 3.8) is 0 Å². The van der Waals surface area contributed by atoms with Gasteiger partial charge in [0.2, 0.25) is 0 Å². The summed E-state index contributed by atoms with van der Waals surface area (Å²) in [7, 11) is 1.67. The first-order chi connectivity index (χ1) is 11.5. The summed E-state index contributed by atoms with van der Waals surface area (Å²) in [5, 5.41) is 11.8. The third-order valence-electron chi connectivity index (χ3n) is 5.25. The number of aromatic amines is 2. The molecule has 8 nitrogen and oxygen atoms in total. The molecule has 3 heterocycles. The Morgan fingerprint density at radius 2 is 2.08 bits per heavy atom. The Hall–Kier alpha value is -1.96. The van der Waals surface area contributed by atoms with Crippen LogP contribution in [0.25, 0.3) is 0 Å². The van der Waals surface area contributed by atoms with E-state index in [9.17, 15) is 4.79 Å². The zero-order valence-electron chi connectivity index (χ0n) is 14.5. The molecule has 1 saturated heterocycles. The smallest absolute Gasteiger partial charge is 0.295 e. The van der Waals surface area contributed by atoms with Gasteiger partial charge >= 0.3 is 5.69 Å². The second kappa shape index (κ2) is 5.84. The van der Waals surface area contributed by atoms with Crippen LogP contribution in [-0.2, 0) is 13.6 Å². The molecule has 1 saturated carbocycles. The Bertz CT molecular complexity index is 769. The molecule has 0 bridgehead atoms. The largest absolute Gasteiger partial charge is 0.343 e. The van der Waals surface area contributed by atoms with Gasteiger partial charge in [-0.2, -0.15) is 10.2 Å². The van der Waals surface area contributed by atoms with E-state index in [1.807, 2.05) is 0 Å². The van der Waals surface area contributed by atoms with Crippen molar-refractivity contribution < 1.29 is 0 Å². The van der Waals surface area contributed by atoms with Gasteiger partial charge in [-0.15, -0.1) is 0 Å². The number of H-pyrrole nitrogens is 2. The SMILES string of the molecule is CC(C)c1n[nH]c([C@H]2CN(Cc3nn(C)c(=O)[nH]3)C[C@@H]2C2CC2)n1. The molecule has 130 valence electrons. The fourth-order valence-corrected chi connectivity index (χ4v) is 3.78. The highest BCUT2D eigenvalue weighted by molar-refractivity contribution is 5.10. The van der Waals surface area contributed by atoms with Crippen LogP contribution in [0.15, 0.2) is 4.79 Å². The first-order valence-electron chi connectivity index (χ1n) is 8.78. The highest BCUT2D eigenvalue weighted by Crippen LogP contribution is 2.47. The summed E-state index contributed by atoms with van der Waals surface area (Å²) in [4.78, 5) is 21.5. The molecule has 24 heavy (non-hydrogen) atoms. The molecule has 4 rings (SSSR count). The van der Waals surface area contributed by atoms with Gasteiger partial charge in [-0.1, -0.05) is 13.8 Å². The number of hydrogen-bond acceptors (Lipinski definition) is 5. The number of aromatic nitrogens is 6. The van der Waals surface area contributed by atoms with Crippen molar-refractivity contribution >= 4 is 0 Å². The number of aryl methyl sites for hydroxylation is 1. The summed E-state index contributed by atoms with van der Waals surface area (Å²) in [6.07, 6.45) is 2.64. The molecule has 0 radical (unpaired) electrons. The maximum absolute atomic E-state index is 11.6. The average Bonchev–Trinajstić information content (AvgIpc) is 2.97. The topological polar surface area (TPSA) is 95.5 Å². The maximum atomic E-state index is 11.6. The zero-order chi connectivity index (χ0) is 16.8. The van der Waals surface area contributed by atoms with Crippen molar-refractivity contribution in [1.82, 2.24) is 34.8 Å². The van der Waals surface area contributed by atoms with Crippen molar-refractivity contribution in [2.24, 2.45) is 18.9 Å².